The van der Waals surface area contributed by atoms with Gasteiger partial charge >= 0.3 is 0 Å². The molecule has 2 aliphatic heterocycles. The Morgan fingerprint density at radius 3 is 1.35 bits per heavy atom. The summed E-state index contributed by atoms with van der Waals surface area (Å²) < 4.78 is 31.4. The third kappa shape index (κ3) is 6.68. The summed E-state index contributed by atoms with van der Waals surface area (Å²) in [6.07, 6.45) is 4.47. The molecule has 8 nitrogen and oxygen atoms in total. The molecule has 2 saturated heterocycles. The van der Waals surface area contributed by atoms with Gasteiger partial charge in [-0.15, -0.1) is 23.5 Å². The predicted molar refractivity (Wildman–Crippen MR) is 196 cm³/mol. The minimum atomic E-state index is -0.333. The average molecular weight is 719 g/mol. The zero-order valence-corrected chi connectivity index (χ0v) is 28.9. The first-order valence-electron chi connectivity index (χ1n) is 16.6. The zero-order chi connectivity index (χ0) is 34.9. The third-order valence-electron chi connectivity index (χ3n) is 9.03. The van der Waals surface area contributed by atoms with Gasteiger partial charge in [0.1, 0.15) is 22.4 Å². The maximum absolute atomic E-state index is 13.9. The van der Waals surface area contributed by atoms with Crippen molar-refractivity contribution in [3.63, 3.8) is 0 Å². The number of nitrogens with zero attached hydrogens (tertiary/aromatic N) is 6. The molecule has 0 unspecified atom stereocenters. The van der Waals surface area contributed by atoms with Crippen LogP contribution in [0.25, 0.3) is 33.9 Å². The molecule has 0 N–H and O–H groups in total. The highest BCUT2D eigenvalue weighted by Gasteiger charge is 2.38. The van der Waals surface area contributed by atoms with Gasteiger partial charge in [-0.2, -0.15) is 10.2 Å². The van der Waals surface area contributed by atoms with Crippen LogP contribution in [0.2, 0.25) is 0 Å². The number of carbonyl (C=O) groups is 2. The Kier molecular flexibility index (Phi) is 9.18. The van der Waals surface area contributed by atoms with E-state index in [9.17, 15) is 18.4 Å². The number of hydrogen-bond donors (Lipinski definition) is 0. The molecule has 2 aliphatic rings. The van der Waals surface area contributed by atoms with E-state index in [0.717, 1.165) is 33.6 Å². The largest absolute Gasteiger partial charge is 0.326 e. The Morgan fingerprint density at radius 2 is 0.961 bits per heavy atom. The van der Waals surface area contributed by atoms with Gasteiger partial charge in [-0.05, 0) is 79.2 Å². The van der Waals surface area contributed by atoms with E-state index in [1.165, 1.54) is 24.3 Å². The molecule has 4 heterocycles. The molecule has 6 aromatic rings. The zero-order valence-electron chi connectivity index (χ0n) is 27.3. The molecule has 0 bridgehead atoms. The lowest BCUT2D eigenvalue weighted by molar-refractivity contribution is -0.128. The summed E-state index contributed by atoms with van der Waals surface area (Å²) in [5.74, 6) is 0.0169. The molecular weight excluding hydrogens is 687 g/mol. The van der Waals surface area contributed by atoms with Crippen molar-refractivity contribution in [1.82, 2.24) is 29.4 Å². The van der Waals surface area contributed by atoms with Crippen LogP contribution >= 0.6 is 23.5 Å². The molecule has 0 saturated carbocycles. The normalized spacial score (nSPS) is 17.5. The van der Waals surface area contributed by atoms with Gasteiger partial charge in [0.2, 0.25) is 11.8 Å². The first-order valence-corrected chi connectivity index (χ1v) is 18.7. The Morgan fingerprint density at radius 1 is 0.569 bits per heavy atom. The van der Waals surface area contributed by atoms with Crippen LogP contribution in [0.15, 0.2) is 122 Å². The van der Waals surface area contributed by atoms with Crippen molar-refractivity contribution in [1.29, 1.82) is 0 Å². The molecule has 2 amide bonds. The molecular formula is C39H32F2N6O2S2. The smallest absolute Gasteiger partial charge is 0.233 e. The molecule has 12 heteroatoms. The number of para-hydroxylation sites is 2. The van der Waals surface area contributed by atoms with Crippen LogP contribution in [-0.4, -0.2) is 65.8 Å². The molecule has 2 aromatic heterocycles. The van der Waals surface area contributed by atoms with Crippen LogP contribution in [-0.2, 0) is 9.59 Å². The van der Waals surface area contributed by atoms with E-state index < -0.39 is 0 Å². The second kappa shape index (κ2) is 14.2. The fourth-order valence-corrected chi connectivity index (χ4v) is 8.99. The van der Waals surface area contributed by atoms with Gasteiger partial charge in [0.05, 0.1) is 34.3 Å². The molecule has 0 radical (unpaired) electrons. The van der Waals surface area contributed by atoms with Crippen molar-refractivity contribution in [3.8, 4) is 33.9 Å². The highest BCUT2D eigenvalue weighted by molar-refractivity contribution is 8.00. The molecule has 0 spiro atoms. The molecule has 0 aliphatic carbocycles. The Labute approximate surface area is 302 Å². The van der Waals surface area contributed by atoms with Crippen LogP contribution in [0.5, 0.6) is 0 Å². The number of aromatic nitrogens is 4. The van der Waals surface area contributed by atoms with E-state index in [1.54, 1.807) is 57.2 Å². The first-order chi connectivity index (χ1) is 24.9. The van der Waals surface area contributed by atoms with Crippen LogP contribution in [0.1, 0.15) is 28.3 Å². The van der Waals surface area contributed by atoms with Crippen molar-refractivity contribution >= 4 is 35.3 Å². The minimum absolute atomic E-state index is 0.0175. The van der Waals surface area contributed by atoms with Crippen molar-refractivity contribution in [2.75, 3.05) is 24.6 Å². The topological polar surface area (TPSA) is 76.3 Å². The van der Waals surface area contributed by atoms with Gasteiger partial charge in [-0.25, -0.2) is 18.1 Å². The molecule has 4 aromatic carbocycles. The first kappa shape index (κ1) is 33.0. The number of carbonyl (C=O) groups excluding carboxylic acids is 2. The summed E-state index contributed by atoms with van der Waals surface area (Å²) in [5.41, 5.74) is 6.37. The van der Waals surface area contributed by atoms with Crippen LogP contribution < -0.4 is 0 Å². The van der Waals surface area contributed by atoms with E-state index in [0.29, 0.717) is 42.4 Å². The summed E-state index contributed by atoms with van der Waals surface area (Å²) >= 11 is 3.08. The van der Waals surface area contributed by atoms with Gasteiger partial charge in [0.15, 0.2) is 0 Å². The summed E-state index contributed by atoms with van der Waals surface area (Å²) in [7, 11) is 0. The second-order valence-corrected chi connectivity index (χ2v) is 14.4. The van der Waals surface area contributed by atoms with Crippen molar-refractivity contribution in [2.45, 2.75) is 17.2 Å². The SMILES string of the molecule is O=C1CS[C@@H](c2cn(-c3ccccc3)nc2-c2ccc(F)cc2)N1CCCN1C(=O)CS[C@H]1c1cn(-c2ccccc2)nc1-c1ccc(F)cc1. The Balaban J connectivity index is 1.06. The quantitative estimate of drug-likeness (QED) is 0.143. The van der Waals surface area contributed by atoms with Crippen molar-refractivity contribution < 1.29 is 18.4 Å². The number of amides is 2. The number of rotatable bonds is 10. The van der Waals surface area contributed by atoms with Gasteiger partial charge in [-0.3, -0.25) is 9.59 Å². The van der Waals surface area contributed by atoms with Gasteiger partial charge < -0.3 is 9.80 Å². The molecule has 8 rings (SSSR count). The maximum Gasteiger partial charge on any atom is 0.233 e. The summed E-state index contributed by atoms with van der Waals surface area (Å²) in [4.78, 5) is 30.5. The lowest BCUT2D eigenvalue weighted by Gasteiger charge is -2.27. The van der Waals surface area contributed by atoms with E-state index >= 15 is 0 Å². The number of thioether (sulfide) groups is 2. The van der Waals surface area contributed by atoms with Crippen LogP contribution in [0, 0.1) is 11.6 Å². The lowest BCUT2D eigenvalue weighted by Crippen LogP contribution is -2.34. The fourth-order valence-electron chi connectivity index (χ4n) is 6.54. The van der Waals surface area contributed by atoms with E-state index in [-0.39, 0.29) is 34.2 Å². The Hall–Kier alpha value is -5.20. The molecule has 256 valence electrons. The summed E-state index contributed by atoms with van der Waals surface area (Å²) in [5, 5.41) is 9.20. The van der Waals surface area contributed by atoms with E-state index in [1.807, 2.05) is 82.9 Å². The highest BCUT2D eigenvalue weighted by Crippen LogP contribution is 2.45. The van der Waals surface area contributed by atoms with E-state index in [4.69, 9.17) is 10.2 Å². The number of hydrogen-bond acceptors (Lipinski definition) is 6. The summed E-state index contributed by atoms with van der Waals surface area (Å²) in [6, 6.07) is 32.0. The van der Waals surface area contributed by atoms with Crippen LogP contribution in [0.4, 0.5) is 8.78 Å². The predicted octanol–water partition coefficient (Wildman–Crippen LogP) is 7.91. The van der Waals surface area contributed by atoms with Crippen molar-refractivity contribution in [2.24, 2.45) is 0 Å². The van der Waals surface area contributed by atoms with Gasteiger partial charge in [-0.1, -0.05) is 36.4 Å². The molecule has 2 atom stereocenters. The van der Waals surface area contributed by atoms with Gasteiger partial charge in [0.25, 0.3) is 0 Å². The lowest BCUT2D eigenvalue weighted by atomic mass is 10.1. The second-order valence-electron chi connectivity index (χ2n) is 12.3. The number of halogens is 2. The molecule has 2 fully saturated rings. The molecule has 51 heavy (non-hydrogen) atoms. The fraction of sp³-hybridized carbons (Fsp3) is 0.179. The third-order valence-corrected chi connectivity index (χ3v) is 11.5. The Bertz CT molecular complexity index is 2020. The van der Waals surface area contributed by atoms with E-state index in [2.05, 4.69) is 0 Å². The monoisotopic (exact) mass is 718 g/mol. The van der Waals surface area contributed by atoms with Crippen molar-refractivity contribution in [3.05, 3.63) is 144 Å². The highest BCUT2D eigenvalue weighted by atomic mass is 32.2. The van der Waals surface area contributed by atoms with Gasteiger partial charge in [0, 0.05) is 47.7 Å². The minimum Gasteiger partial charge on any atom is -0.326 e. The maximum atomic E-state index is 13.9. The number of benzene rings is 4. The average Bonchev–Trinajstić information content (AvgIpc) is 3.96. The van der Waals surface area contributed by atoms with Crippen LogP contribution in [0.3, 0.4) is 0 Å². The standard InChI is InChI=1S/C39H32F2N6O2S2/c40-28-16-12-26(13-17-28)36-32(22-46(42-36)30-8-3-1-4-9-30)38-44(34(48)24-50-38)20-7-21-45-35(49)25-51-39(45)33-23-47(31-10-5-2-6-11-31)43-37(33)27-14-18-29(41)19-15-27/h1-6,8-19,22-23,38-39H,7,20-21,24-25H2/t38-,39-/m0/s1. The summed E-state index contributed by atoms with van der Waals surface area (Å²) in [6.45, 7) is 0.871.